The summed E-state index contributed by atoms with van der Waals surface area (Å²) in [6, 6.07) is 19.5. The van der Waals surface area contributed by atoms with E-state index in [0.29, 0.717) is 19.5 Å². The van der Waals surface area contributed by atoms with Gasteiger partial charge in [-0.3, -0.25) is 4.79 Å². The number of hydrogen-bond acceptors (Lipinski definition) is 2. The van der Waals surface area contributed by atoms with E-state index in [2.05, 4.69) is 0 Å². The number of aliphatic hydroxyl groups is 1. The van der Waals surface area contributed by atoms with Crippen LogP contribution in [0, 0.1) is 0 Å². The van der Waals surface area contributed by atoms with Gasteiger partial charge < -0.3 is 10.0 Å². The molecule has 0 aliphatic carbocycles. The highest BCUT2D eigenvalue weighted by Crippen LogP contribution is 2.08. The quantitative estimate of drug-likeness (QED) is 0.873. The largest absolute Gasteiger partial charge is 0.395 e. The van der Waals surface area contributed by atoms with Crippen molar-refractivity contribution in [1.82, 2.24) is 4.90 Å². The van der Waals surface area contributed by atoms with Crippen molar-refractivity contribution in [1.29, 1.82) is 0 Å². The van der Waals surface area contributed by atoms with E-state index in [0.717, 1.165) is 11.1 Å². The number of benzene rings is 2. The number of rotatable bonds is 6. The molecule has 2 aromatic rings. The molecular formula is C17H19NO2. The van der Waals surface area contributed by atoms with Crippen LogP contribution in [0.5, 0.6) is 0 Å². The molecule has 0 fully saturated rings. The molecule has 0 radical (unpaired) electrons. The maximum Gasteiger partial charge on any atom is 0.227 e. The molecule has 3 nitrogen and oxygen atoms in total. The standard InChI is InChI=1S/C17H19NO2/c19-12-11-18(14-16-9-5-2-6-10-16)17(20)13-15-7-3-1-4-8-15/h1-10,19H,11-14H2. The first-order valence-corrected chi connectivity index (χ1v) is 6.76. The molecule has 0 aliphatic rings. The van der Waals surface area contributed by atoms with Crippen LogP contribution in [0.1, 0.15) is 11.1 Å². The Bertz CT molecular complexity index is 525. The van der Waals surface area contributed by atoms with Gasteiger partial charge in [-0.1, -0.05) is 60.7 Å². The zero-order valence-corrected chi connectivity index (χ0v) is 11.4. The molecule has 20 heavy (non-hydrogen) atoms. The molecule has 2 rings (SSSR count). The SMILES string of the molecule is O=C(Cc1ccccc1)N(CCO)Cc1ccccc1. The van der Waals surface area contributed by atoms with Gasteiger partial charge in [0.05, 0.1) is 13.0 Å². The van der Waals surface area contributed by atoms with Crippen molar-refractivity contribution >= 4 is 5.91 Å². The van der Waals surface area contributed by atoms with Gasteiger partial charge in [-0.2, -0.15) is 0 Å². The van der Waals surface area contributed by atoms with Gasteiger partial charge in [0.2, 0.25) is 5.91 Å². The Morgan fingerprint density at radius 2 is 1.45 bits per heavy atom. The normalized spacial score (nSPS) is 10.2. The summed E-state index contributed by atoms with van der Waals surface area (Å²) in [5.41, 5.74) is 2.07. The maximum atomic E-state index is 12.3. The lowest BCUT2D eigenvalue weighted by molar-refractivity contribution is -0.131. The topological polar surface area (TPSA) is 40.5 Å². The third-order valence-corrected chi connectivity index (χ3v) is 3.14. The number of carbonyl (C=O) groups is 1. The Balaban J connectivity index is 2.02. The second kappa shape index (κ2) is 7.46. The van der Waals surface area contributed by atoms with Crippen molar-refractivity contribution in [2.75, 3.05) is 13.2 Å². The van der Waals surface area contributed by atoms with Crippen LogP contribution < -0.4 is 0 Å². The fourth-order valence-electron chi connectivity index (χ4n) is 2.10. The number of carbonyl (C=O) groups excluding carboxylic acids is 1. The Hall–Kier alpha value is -2.13. The molecule has 3 heteroatoms. The zero-order valence-electron chi connectivity index (χ0n) is 11.4. The van der Waals surface area contributed by atoms with E-state index in [9.17, 15) is 4.79 Å². The van der Waals surface area contributed by atoms with Crippen molar-refractivity contribution in [3.8, 4) is 0 Å². The molecular weight excluding hydrogens is 250 g/mol. The highest BCUT2D eigenvalue weighted by Gasteiger charge is 2.13. The molecule has 0 unspecified atom stereocenters. The Morgan fingerprint density at radius 1 is 0.900 bits per heavy atom. The van der Waals surface area contributed by atoms with E-state index >= 15 is 0 Å². The average molecular weight is 269 g/mol. The fourth-order valence-corrected chi connectivity index (χ4v) is 2.10. The van der Waals surface area contributed by atoms with Crippen molar-refractivity contribution < 1.29 is 9.90 Å². The van der Waals surface area contributed by atoms with E-state index in [1.165, 1.54) is 0 Å². The van der Waals surface area contributed by atoms with Crippen LogP contribution in [-0.2, 0) is 17.8 Å². The summed E-state index contributed by atoms with van der Waals surface area (Å²) in [6.07, 6.45) is 0.369. The van der Waals surface area contributed by atoms with Crippen LogP contribution >= 0.6 is 0 Å². The van der Waals surface area contributed by atoms with Crippen LogP contribution in [-0.4, -0.2) is 29.1 Å². The summed E-state index contributed by atoms with van der Waals surface area (Å²) < 4.78 is 0. The maximum absolute atomic E-state index is 12.3. The second-order valence-corrected chi connectivity index (χ2v) is 4.69. The highest BCUT2D eigenvalue weighted by molar-refractivity contribution is 5.78. The predicted molar refractivity (Wildman–Crippen MR) is 79.1 cm³/mol. The van der Waals surface area contributed by atoms with Gasteiger partial charge in [-0.25, -0.2) is 0 Å². The lowest BCUT2D eigenvalue weighted by atomic mass is 10.1. The lowest BCUT2D eigenvalue weighted by Gasteiger charge is -2.22. The zero-order chi connectivity index (χ0) is 14.2. The average Bonchev–Trinajstić information content (AvgIpc) is 2.49. The van der Waals surface area contributed by atoms with Gasteiger partial charge in [0.25, 0.3) is 0 Å². The monoisotopic (exact) mass is 269 g/mol. The van der Waals surface area contributed by atoms with Gasteiger partial charge in [-0.15, -0.1) is 0 Å². The minimum atomic E-state index is -0.0205. The van der Waals surface area contributed by atoms with Gasteiger partial charge in [-0.05, 0) is 11.1 Å². The van der Waals surface area contributed by atoms with Crippen LogP contribution in [0.15, 0.2) is 60.7 Å². The molecule has 0 spiro atoms. The smallest absolute Gasteiger partial charge is 0.227 e. The molecule has 0 atom stereocenters. The van der Waals surface area contributed by atoms with Crippen LogP contribution in [0.25, 0.3) is 0 Å². The second-order valence-electron chi connectivity index (χ2n) is 4.69. The lowest BCUT2D eigenvalue weighted by Crippen LogP contribution is -2.34. The van der Waals surface area contributed by atoms with Gasteiger partial charge in [0, 0.05) is 13.1 Å². The number of hydrogen-bond donors (Lipinski definition) is 1. The van der Waals surface area contributed by atoms with Crippen molar-refractivity contribution in [2.24, 2.45) is 0 Å². The Morgan fingerprint density at radius 3 is 2.00 bits per heavy atom. The van der Waals surface area contributed by atoms with Crippen LogP contribution in [0.3, 0.4) is 0 Å². The fraction of sp³-hybridized carbons (Fsp3) is 0.235. The van der Waals surface area contributed by atoms with E-state index in [4.69, 9.17) is 5.11 Å². The Labute approximate surface area is 119 Å². The van der Waals surface area contributed by atoms with E-state index in [1.807, 2.05) is 60.7 Å². The van der Waals surface area contributed by atoms with E-state index in [-0.39, 0.29) is 12.5 Å². The molecule has 0 aliphatic heterocycles. The van der Waals surface area contributed by atoms with Gasteiger partial charge in [0.15, 0.2) is 0 Å². The molecule has 1 N–H and O–H groups in total. The van der Waals surface area contributed by atoms with Crippen molar-refractivity contribution in [2.45, 2.75) is 13.0 Å². The number of amides is 1. The third-order valence-electron chi connectivity index (χ3n) is 3.14. The minimum absolute atomic E-state index is 0.0205. The van der Waals surface area contributed by atoms with Gasteiger partial charge in [0.1, 0.15) is 0 Å². The number of nitrogens with zero attached hydrogens (tertiary/aromatic N) is 1. The molecule has 104 valence electrons. The summed E-state index contributed by atoms with van der Waals surface area (Å²) in [7, 11) is 0. The number of aliphatic hydroxyl groups excluding tert-OH is 1. The van der Waals surface area contributed by atoms with E-state index < -0.39 is 0 Å². The summed E-state index contributed by atoms with van der Waals surface area (Å²) in [5, 5.41) is 9.14. The molecule has 1 amide bonds. The molecule has 0 saturated carbocycles. The molecule has 0 saturated heterocycles. The Kier molecular flexibility index (Phi) is 5.33. The predicted octanol–water partition coefficient (Wildman–Crippen LogP) is 2.25. The van der Waals surface area contributed by atoms with Gasteiger partial charge >= 0.3 is 0 Å². The van der Waals surface area contributed by atoms with Crippen LogP contribution in [0.4, 0.5) is 0 Å². The molecule has 2 aromatic carbocycles. The molecule has 0 bridgehead atoms. The van der Waals surface area contributed by atoms with Crippen LogP contribution in [0.2, 0.25) is 0 Å². The van der Waals surface area contributed by atoms with Crippen molar-refractivity contribution in [3.63, 3.8) is 0 Å². The summed E-state index contributed by atoms with van der Waals surface area (Å²) in [6.45, 7) is 0.876. The summed E-state index contributed by atoms with van der Waals surface area (Å²) in [5.74, 6) is 0.0362. The summed E-state index contributed by atoms with van der Waals surface area (Å²) in [4.78, 5) is 14.0. The first-order valence-electron chi connectivity index (χ1n) is 6.76. The van der Waals surface area contributed by atoms with E-state index in [1.54, 1.807) is 4.90 Å². The minimum Gasteiger partial charge on any atom is -0.395 e. The molecule has 0 aromatic heterocycles. The van der Waals surface area contributed by atoms with Crippen molar-refractivity contribution in [3.05, 3.63) is 71.8 Å². The first-order chi connectivity index (χ1) is 9.79. The first kappa shape index (κ1) is 14.3. The molecule has 0 heterocycles. The third kappa shape index (κ3) is 4.21. The summed E-state index contributed by atoms with van der Waals surface area (Å²) >= 11 is 0. The highest BCUT2D eigenvalue weighted by atomic mass is 16.3.